The normalized spacial score (nSPS) is 14.6. The molecule has 5 rings (SSSR count). The summed E-state index contributed by atoms with van der Waals surface area (Å²) in [7, 11) is 5.71. The van der Waals surface area contributed by atoms with Crippen LogP contribution < -0.4 is 19.9 Å². The summed E-state index contributed by atoms with van der Waals surface area (Å²) >= 11 is 0. The van der Waals surface area contributed by atoms with Crippen LogP contribution in [0.4, 0.5) is 33.6 Å². The molecule has 0 bridgehead atoms. The van der Waals surface area contributed by atoms with Crippen molar-refractivity contribution in [1.29, 1.82) is 5.26 Å². The Labute approximate surface area is 234 Å². The lowest BCUT2D eigenvalue weighted by atomic mass is 10.0. The van der Waals surface area contributed by atoms with Gasteiger partial charge in [0.15, 0.2) is 5.82 Å². The highest BCUT2D eigenvalue weighted by Crippen LogP contribution is 2.42. The molecule has 9 nitrogen and oxygen atoms in total. The van der Waals surface area contributed by atoms with Gasteiger partial charge in [-0.1, -0.05) is 18.2 Å². The van der Waals surface area contributed by atoms with Crippen molar-refractivity contribution < 1.29 is 9.53 Å². The van der Waals surface area contributed by atoms with Crippen LogP contribution in [0.25, 0.3) is 0 Å². The maximum Gasteiger partial charge on any atom is 0.335 e. The van der Waals surface area contributed by atoms with E-state index in [1.54, 1.807) is 47.4 Å². The molecule has 9 heteroatoms. The van der Waals surface area contributed by atoms with Crippen LogP contribution in [-0.2, 0) is 6.42 Å². The Bertz CT molecular complexity index is 1560. The van der Waals surface area contributed by atoms with Crippen LogP contribution in [-0.4, -0.2) is 48.6 Å². The van der Waals surface area contributed by atoms with E-state index < -0.39 is 0 Å². The number of amides is 2. The number of ether oxygens (including phenoxy) is 1. The maximum atomic E-state index is 14.1. The third-order valence-electron chi connectivity index (χ3n) is 6.86. The Morgan fingerprint density at radius 3 is 2.55 bits per heavy atom. The van der Waals surface area contributed by atoms with Crippen molar-refractivity contribution in [3.63, 3.8) is 0 Å². The molecule has 2 heterocycles. The molecule has 202 valence electrons. The molecule has 2 amide bonds. The van der Waals surface area contributed by atoms with Crippen molar-refractivity contribution in [2.45, 2.75) is 19.4 Å². The van der Waals surface area contributed by atoms with E-state index in [1.807, 2.05) is 43.3 Å². The number of nitrogens with one attached hydrogen (secondary N) is 1. The number of nitrogens with zero attached hydrogens (tertiary/aromatic N) is 6. The average Bonchev–Trinajstić information content (AvgIpc) is 2.97. The molecule has 0 fully saturated rings. The minimum Gasteiger partial charge on any atom is -0.497 e. The van der Waals surface area contributed by atoms with Gasteiger partial charge < -0.3 is 15.0 Å². The first kappa shape index (κ1) is 26.7. The van der Waals surface area contributed by atoms with Crippen LogP contribution in [0.15, 0.2) is 79.0 Å². The zero-order valence-corrected chi connectivity index (χ0v) is 23.0. The van der Waals surface area contributed by atoms with Crippen molar-refractivity contribution in [2.75, 3.05) is 42.9 Å². The summed E-state index contributed by atoms with van der Waals surface area (Å²) in [5.74, 6) is 1.55. The molecule has 1 aromatic heterocycles. The second kappa shape index (κ2) is 11.4. The lowest BCUT2D eigenvalue weighted by Gasteiger charge is -2.40. The van der Waals surface area contributed by atoms with Gasteiger partial charge in [0.05, 0.1) is 30.5 Å². The summed E-state index contributed by atoms with van der Waals surface area (Å²) < 4.78 is 5.30. The van der Waals surface area contributed by atoms with E-state index >= 15 is 0 Å². The van der Waals surface area contributed by atoms with E-state index in [2.05, 4.69) is 47.5 Å². The topological polar surface area (TPSA) is 97.6 Å². The first-order valence-corrected chi connectivity index (χ1v) is 13.0. The smallest absolute Gasteiger partial charge is 0.335 e. The van der Waals surface area contributed by atoms with Gasteiger partial charge in [0.1, 0.15) is 5.75 Å². The minimum absolute atomic E-state index is 0.282. The highest BCUT2D eigenvalue weighted by Gasteiger charge is 2.39. The number of carbonyl (C=O) groups excluding carboxylic acids is 1. The van der Waals surface area contributed by atoms with Crippen LogP contribution in [0.1, 0.15) is 29.7 Å². The lowest BCUT2D eigenvalue weighted by molar-refractivity contribution is 0.250. The van der Waals surface area contributed by atoms with Crippen LogP contribution in [0.3, 0.4) is 0 Å². The Kier molecular flexibility index (Phi) is 7.62. The summed E-state index contributed by atoms with van der Waals surface area (Å²) in [6, 6.07) is 24.0. The molecule has 1 N–H and O–H groups in total. The number of urea groups is 1. The van der Waals surface area contributed by atoms with Gasteiger partial charge in [0.2, 0.25) is 5.95 Å². The molecule has 0 saturated carbocycles. The van der Waals surface area contributed by atoms with Gasteiger partial charge in [0.25, 0.3) is 0 Å². The lowest BCUT2D eigenvalue weighted by Crippen LogP contribution is -2.47. The number of likely N-dealkylation sites (N-methyl/N-ethyl adjacent to an activating group) is 1. The Morgan fingerprint density at radius 1 is 1.05 bits per heavy atom. The molecule has 1 aliphatic rings. The molecule has 1 aliphatic heterocycles. The highest BCUT2D eigenvalue weighted by molar-refractivity contribution is 6.11. The van der Waals surface area contributed by atoms with Crippen LogP contribution >= 0.6 is 0 Å². The second-order valence-corrected chi connectivity index (χ2v) is 9.88. The second-order valence-electron chi connectivity index (χ2n) is 9.88. The van der Waals surface area contributed by atoms with Crippen molar-refractivity contribution in [2.24, 2.45) is 0 Å². The van der Waals surface area contributed by atoms with Gasteiger partial charge in [-0.15, -0.1) is 0 Å². The van der Waals surface area contributed by atoms with Gasteiger partial charge >= 0.3 is 6.03 Å². The van der Waals surface area contributed by atoms with E-state index in [0.717, 1.165) is 24.2 Å². The van der Waals surface area contributed by atoms with E-state index in [4.69, 9.17) is 9.72 Å². The molecule has 0 spiro atoms. The monoisotopic (exact) mass is 533 g/mol. The molecule has 40 heavy (non-hydrogen) atoms. The number of nitriles is 1. The van der Waals surface area contributed by atoms with Crippen molar-refractivity contribution in [3.05, 3.63) is 95.7 Å². The largest absolute Gasteiger partial charge is 0.497 e. The Balaban J connectivity index is 1.55. The summed E-state index contributed by atoms with van der Waals surface area (Å²) in [5.41, 5.74) is 4.55. The Morgan fingerprint density at radius 2 is 1.82 bits per heavy atom. The Hall–Kier alpha value is -4.94. The van der Waals surface area contributed by atoms with E-state index in [1.165, 1.54) is 5.56 Å². The fraction of sp³-hybridized carbons (Fsp3) is 0.226. The van der Waals surface area contributed by atoms with E-state index in [0.29, 0.717) is 34.5 Å². The van der Waals surface area contributed by atoms with E-state index in [9.17, 15) is 10.1 Å². The van der Waals surface area contributed by atoms with Gasteiger partial charge in [0, 0.05) is 29.7 Å². The van der Waals surface area contributed by atoms with Crippen LogP contribution in [0.2, 0.25) is 0 Å². The molecule has 3 aromatic carbocycles. The zero-order valence-electron chi connectivity index (χ0n) is 23.0. The summed E-state index contributed by atoms with van der Waals surface area (Å²) in [5, 5.41) is 12.8. The highest BCUT2D eigenvalue weighted by atomic mass is 16.5. The molecular formula is C31H31N7O2. The number of fused-ring (bicyclic) bond motifs is 1. The summed E-state index contributed by atoms with van der Waals surface area (Å²) in [4.78, 5) is 29.0. The number of anilines is 5. The number of hydrogen-bond acceptors (Lipinski definition) is 7. The minimum atomic E-state index is -0.338. The van der Waals surface area contributed by atoms with E-state index in [-0.39, 0.29) is 12.1 Å². The van der Waals surface area contributed by atoms with Crippen LogP contribution in [0, 0.1) is 11.3 Å². The molecule has 4 aromatic rings. The molecule has 0 aliphatic carbocycles. The number of rotatable bonds is 8. The quantitative estimate of drug-likeness (QED) is 0.295. The first-order chi connectivity index (χ1) is 19.4. The van der Waals surface area contributed by atoms with Crippen LogP contribution in [0.5, 0.6) is 5.75 Å². The summed E-state index contributed by atoms with van der Waals surface area (Å²) in [6.45, 7) is 2.90. The fourth-order valence-electron chi connectivity index (χ4n) is 4.73. The molecule has 0 radical (unpaired) electrons. The first-order valence-electron chi connectivity index (χ1n) is 13.0. The standard InChI is InChI=1S/C31H31N7O2/c1-21-28-20-33-30(34-24-9-5-7-22(17-24)15-16-36(2)3)35-29(28)38(26-10-6-8-23(18-26)19-32)31(39)37(21)25-11-13-27(40-4)14-12-25/h5-14,17-18,20-21H,15-16H2,1-4H3,(H,33,34,35). The number of aromatic nitrogens is 2. The third kappa shape index (κ3) is 5.44. The predicted octanol–water partition coefficient (Wildman–Crippen LogP) is 6.04. The number of hydrogen-bond donors (Lipinski definition) is 1. The molecule has 0 saturated heterocycles. The SMILES string of the molecule is COc1ccc(N2C(=O)N(c3cccc(C#N)c3)c3nc(Nc4cccc(CCN(C)C)c4)ncc3C2C)cc1. The fourth-order valence-corrected chi connectivity index (χ4v) is 4.73. The van der Waals surface area contributed by atoms with Gasteiger partial charge in [-0.25, -0.2) is 14.7 Å². The van der Waals surface area contributed by atoms with Gasteiger partial charge in [-0.05, 0) is 87.6 Å². The molecule has 1 unspecified atom stereocenters. The zero-order chi connectivity index (χ0) is 28.2. The van der Waals surface area contributed by atoms with Crippen molar-refractivity contribution in [3.8, 4) is 11.8 Å². The third-order valence-corrected chi connectivity index (χ3v) is 6.86. The maximum absolute atomic E-state index is 14.1. The average molecular weight is 534 g/mol. The van der Waals surface area contributed by atoms with Gasteiger partial charge in [-0.3, -0.25) is 4.90 Å². The molecular weight excluding hydrogens is 502 g/mol. The number of carbonyl (C=O) groups is 1. The summed E-state index contributed by atoms with van der Waals surface area (Å²) in [6.07, 6.45) is 2.68. The van der Waals surface area contributed by atoms with Gasteiger partial charge in [-0.2, -0.15) is 10.2 Å². The predicted molar refractivity (Wildman–Crippen MR) is 157 cm³/mol. The van der Waals surface area contributed by atoms with Crippen molar-refractivity contribution >= 4 is 34.9 Å². The molecule has 1 atom stereocenters. The number of methoxy groups -OCH3 is 1. The number of benzene rings is 3. The van der Waals surface area contributed by atoms with Crippen molar-refractivity contribution in [1.82, 2.24) is 14.9 Å².